The summed E-state index contributed by atoms with van der Waals surface area (Å²) in [5.41, 5.74) is 1.23. The summed E-state index contributed by atoms with van der Waals surface area (Å²) < 4.78 is 0. The van der Waals surface area contributed by atoms with E-state index in [1.165, 1.54) is 22.0 Å². The van der Waals surface area contributed by atoms with Gasteiger partial charge in [-0.25, -0.2) is 0 Å². The van der Waals surface area contributed by atoms with Crippen molar-refractivity contribution >= 4 is 23.4 Å². The smallest absolute Gasteiger partial charge is 0.251 e. The van der Waals surface area contributed by atoms with Crippen LogP contribution in [0.2, 0.25) is 0 Å². The zero-order chi connectivity index (χ0) is 18.8. The van der Waals surface area contributed by atoms with Crippen LogP contribution >= 0.6 is 0 Å². The second-order valence-electron chi connectivity index (χ2n) is 7.35. The Kier molecular flexibility index (Phi) is 5.30. The average Bonchev–Trinajstić information content (AvgIpc) is 2.50. The van der Waals surface area contributed by atoms with Gasteiger partial charge in [-0.1, -0.05) is 17.7 Å². The summed E-state index contributed by atoms with van der Waals surface area (Å²) in [4.78, 5) is 40.4. The number of rotatable bonds is 2. The van der Waals surface area contributed by atoms with Crippen LogP contribution in [-0.4, -0.2) is 47.8 Å². The van der Waals surface area contributed by atoms with Gasteiger partial charge in [-0.3, -0.25) is 19.3 Å². The molecule has 1 aromatic carbocycles. The highest BCUT2D eigenvalue weighted by Crippen LogP contribution is 2.21. The van der Waals surface area contributed by atoms with E-state index in [1.807, 2.05) is 52.0 Å². The molecular formula is C19H25N3O3. The topological polar surface area (TPSA) is 69.7 Å². The van der Waals surface area contributed by atoms with Crippen molar-refractivity contribution in [2.45, 2.75) is 39.3 Å². The van der Waals surface area contributed by atoms with E-state index in [2.05, 4.69) is 5.32 Å². The van der Waals surface area contributed by atoms with Gasteiger partial charge in [0.1, 0.15) is 6.04 Å². The molecule has 1 unspecified atom stereocenters. The third-order valence-corrected chi connectivity index (χ3v) is 3.85. The summed E-state index contributed by atoms with van der Waals surface area (Å²) in [7, 11) is 1.62. The van der Waals surface area contributed by atoms with Crippen LogP contribution in [0.3, 0.4) is 0 Å². The molecule has 6 heteroatoms. The van der Waals surface area contributed by atoms with Crippen LogP contribution in [0.4, 0.5) is 5.69 Å². The number of benzene rings is 1. The summed E-state index contributed by atoms with van der Waals surface area (Å²) in [6, 6.07) is 6.58. The van der Waals surface area contributed by atoms with Crippen molar-refractivity contribution in [1.82, 2.24) is 10.2 Å². The third-order valence-electron chi connectivity index (χ3n) is 3.85. The van der Waals surface area contributed by atoms with Gasteiger partial charge in [-0.15, -0.1) is 0 Å². The minimum Gasteiger partial charge on any atom is -0.350 e. The second kappa shape index (κ2) is 7.09. The number of hydrogen-bond donors (Lipinski definition) is 1. The molecular weight excluding hydrogens is 318 g/mol. The number of carbonyl (C=O) groups is 3. The van der Waals surface area contributed by atoms with Crippen molar-refractivity contribution in [1.29, 1.82) is 0 Å². The van der Waals surface area contributed by atoms with Crippen LogP contribution in [0.1, 0.15) is 26.3 Å². The largest absolute Gasteiger partial charge is 0.350 e. The molecule has 0 fully saturated rings. The Morgan fingerprint density at radius 3 is 2.20 bits per heavy atom. The Morgan fingerprint density at radius 1 is 1.08 bits per heavy atom. The fourth-order valence-electron chi connectivity index (χ4n) is 2.60. The minimum atomic E-state index is -0.812. The first-order valence-electron chi connectivity index (χ1n) is 8.23. The number of anilines is 1. The fourth-order valence-corrected chi connectivity index (χ4v) is 2.60. The fraction of sp³-hybridized carbons (Fsp3) is 0.421. The molecule has 0 spiro atoms. The van der Waals surface area contributed by atoms with E-state index in [1.54, 1.807) is 7.05 Å². The molecule has 0 aromatic heterocycles. The van der Waals surface area contributed by atoms with Crippen molar-refractivity contribution in [2.75, 3.05) is 18.5 Å². The van der Waals surface area contributed by atoms with Gasteiger partial charge in [0, 0.05) is 30.4 Å². The lowest BCUT2D eigenvalue weighted by Gasteiger charge is -2.35. The number of likely N-dealkylation sites (N-methyl/N-ethyl adjacent to an activating group) is 1. The lowest BCUT2D eigenvalue weighted by Crippen LogP contribution is -2.58. The SMILES string of the molecule is Cc1ccc(N2C(=O)/C=C\C(=O)N(C)CC2C(=O)NC(C)(C)C)cc1. The van der Waals surface area contributed by atoms with Gasteiger partial charge >= 0.3 is 0 Å². The first kappa shape index (κ1) is 18.7. The van der Waals surface area contributed by atoms with Crippen molar-refractivity contribution < 1.29 is 14.4 Å². The monoisotopic (exact) mass is 343 g/mol. The highest BCUT2D eigenvalue weighted by Gasteiger charge is 2.35. The molecule has 3 amide bonds. The maximum atomic E-state index is 12.9. The van der Waals surface area contributed by atoms with Crippen molar-refractivity contribution in [3.8, 4) is 0 Å². The zero-order valence-corrected chi connectivity index (χ0v) is 15.4. The quantitative estimate of drug-likeness (QED) is 0.887. The van der Waals surface area contributed by atoms with E-state index in [9.17, 15) is 14.4 Å². The van der Waals surface area contributed by atoms with Gasteiger partial charge in [0.25, 0.3) is 5.91 Å². The Bertz CT molecular complexity index is 702. The van der Waals surface area contributed by atoms with Gasteiger partial charge in [-0.05, 0) is 39.8 Å². The molecule has 0 bridgehead atoms. The highest BCUT2D eigenvalue weighted by molar-refractivity contribution is 6.09. The van der Waals surface area contributed by atoms with Crippen LogP contribution in [0.5, 0.6) is 0 Å². The maximum absolute atomic E-state index is 12.9. The predicted molar refractivity (Wildman–Crippen MR) is 97.1 cm³/mol. The Labute approximate surface area is 148 Å². The predicted octanol–water partition coefficient (Wildman–Crippen LogP) is 1.64. The standard InChI is InChI=1S/C19H25N3O3/c1-13-6-8-14(9-7-13)22-15(18(25)20-19(2,3)4)12-21(5)16(23)10-11-17(22)24/h6-11,15H,12H2,1-5H3,(H,20,25)/b11-10-. The van der Waals surface area contributed by atoms with E-state index in [0.717, 1.165) is 5.56 Å². The summed E-state index contributed by atoms with van der Waals surface area (Å²) in [5.74, 6) is -0.985. The molecule has 0 aliphatic carbocycles. The molecule has 1 atom stereocenters. The molecule has 0 saturated heterocycles. The second-order valence-corrected chi connectivity index (χ2v) is 7.35. The summed E-state index contributed by atoms with van der Waals surface area (Å²) >= 11 is 0. The zero-order valence-electron chi connectivity index (χ0n) is 15.4. The van der Waals surface area contributed by atoms with Gasteiger partial charge < -0.3 is 10.2 Å². The minimum absolute atomic E-state index is 0.116. The number of nitrogens with zero attached hydrogens (tertiary/aromatic N) is 2. The normalized spacial score (nSPS) is 20.1. The summed E-state index contributed by atoms with van der Waals surface area (Å²) in [6.45, 7) is 7.70. The van der Waals surface area contributed by atoms with E-state index >= 15 is 0 Å². The highest BCUT2D eigenvalue weighted by atomic mass is 16.2. The Balaban J connectivity index is 2.48. The molecule has 0 saturated carbocycles. The summed E-state index contributed by atoms with van der Waals surface area (Å²) in [6.07, 6.45) is 2.45. The molecule has 0 radical (unpaired) electrons. The van der Waals surface area contributed by atoms with Gasteiger partial charge in [0.15, 0.2) is 0 Å². The van der Waals surface area contributed by atoms with Crippen molar-refractivity contribution in [3.05, 3.63) is 42.0 Å². The van der Waals surface area contributed by atoms with Crippen LogP contribution < -0.4 is 10.2 Å². The van der Waals surface area contributed by atoms with E-state index in [4.69, 9.17) is 0 Å². The van der Waals surface area contributed by atoms with Crippen molar-refractivity contribution in [2.24, 2.45) is 0 Å². The molecule has 1 N–H and O–H groups in total. The summed E-state index contributed by atoms with van der Waals surface area (Å²) in [5, 5.41) is 2.91. The van der Waals surface area contributed by atoms with E-state index in [0.29, 0.717) is 5.69 Å². The van der Waals surface area contributed by atoms with Crippen LogP contribution in [0.15, 0.2) is 36.4 Å². The molecule has 134 valence electrons. The number of nitrogens with one attached hydrogen (secondary N) is 1. The number of aryl methyl sites for hydroxylation is 1. The molecule has 1 aromatic rings. The van der Waals surface area contributed by atoms with Gasteiger partial charge in [-0.2, -0.15) is 0 Å². The van der Waals surface area contributed by atoms with Gasteiger partial charge in [0.05, 0.1) is 6.54 Å². The van der Waals surface area contributed by atoms with E-state index < -0.39 is 11.6 Å². The molecule has 1 heterocycles. The number of carbonyl (C=O) groups excluding carboxylic acids is 3. The van der Waals surface area contributed by atoms with E-state index in [-0.39, 0.29) is 24.3 Å². The number of hydrogen-bond acceptors (Lipinski definition) is 3. The third kappa shape index (κ3) is 4.68. The average molecular weight is 343 g/mol. The first-order chi connectivity index (χ1) is 11.6. The first-order valence-corrected chi connectivity index (χ1v) is 8.23. The van der Waals surface area contributed by atoms with Crippen LogP contribution in [0.25, 0.3) is 0 Å². The van der Waals surface area contributed by atoms with Crippen molar-refractivity contribution in [3.63, 3.8) is 0 Å². The molecule has 2 rings (SSSR count). The van der Waals surface area contributed by atoms with Crippen LogP contribution in [-0.2, 0) is 14.4 Å². The molecule has 1 aliphatic rings. The lowest BCUT2D eigenvalue weighted by molar-refractivity contribution is -0.130. The number of amides is 3. The Hall–Kier alpha value is -2.63. The molecule has 6 nitrogen and oxygen atoms in total. The van der Waals surface area contributed by atoms with Crippen LogP contribution in [0, 0.1) is 6.92 Å². The lowest BCUT2D eigenvalue weighted by atomic mass is 10.1. The molecule has 1 aliphatic heterocycles. The Morgan fingerprint density at radius 2 is 1.64 bits per heavy atom. The maximum Gasteiger partial charge on any atom is 0.251 e. The molecule has 25 heavy (non-hydrogen) atoms. The van der Waals surface area contributed by atoms with Gasteiger partial charge in [0.2, 0.25) is 11.8 Å².